The fourth-order valence-corrected chi connectivity index (χ4v) is 1.63. The lowest BCUT2D eigenvalue weighted by Crippen LogP contribution is -2.46. The molecule has 2 amide bonds. The summed E-state index contributed by atoms with van der Waals surface area (Å²) in [5, 5.41) is 2.78. The molecule has 1 unspecified atom stereocenters. The number of hydrogen-bond acceptors (Lipinski definition) is 2. The van der Waals surface area contributed by atoms with E-state index in [4.69, 9.17) is 11.6 Å². The molecule has 0 aliphatic carbocycles. The van der Waals surface area contributed by atoms with Crippen molar-refractivity contribution in [3.8, 4) is 0 Å². The Labute approximate surface area is 109 Å². The second-order valence-electron chi connectivity index (χ2n) is 4.77. The average molecular weight is 263 g/mol. The quantitative estimate of drug-likeness (QED) is 0.709. The van der Waals surface area contributed by atoms with Crippen molar-refractivity contribution >= 4 is 23.4 Å². The Balaban J connectivity index is 4.38. The van der Waals surface area contributed by atoms with Crippen LogP contribution in [0.3, 0.4) is 0 Å². The van der Waals surface area contributed by atoms with Gasteiger partial charge in [0, 0.05) is 26.4 Å². The summed E-state index contributed by atoms with van der Waals surface area (Å²) in [4.78, 5) is 25.0. The highest BCUT2D eigenvalue weighted by atomic mass is 35.5. The van der Waals surface area contributed by atoms with Crippen molar-refractivity contribution in [3.05, 3.63) is 0 Å². The second-order valence-corrected chi connectivity index (χ2v) is 5.15. The third kappa shape index (κ3) is 7.21. The first kappa shape index (κ1) is 16.2. The smallest absolute Gasteiger partial charge is 0.244 e. The number of halogens is 1. The van der Waals surface area contributed by atoms with E-state index in [1.54, 1.807) is 14.1 Å². The van der Waals surface area contributed by atoms with Crippen LogP contribution in [0.1, 0.15) is 33.1 Å². The van der Waals surface area contributed by atoms with Crippen LogP contribution in [0.4, 0.5) is 0 Å². The van der Waals surface area contributed by atoms with E-state index in [1.165, 1.54) is 4.90 Å². The molecular weight excluding hydrogens is 240 g/mol. The molecule has 5 heteroatoms. The Morgan fingerprint density at radius 3 is 2.29 bits per heavy atom. The molecule has 17 heavy (non-hydrogen) atoms. The van der Waals surface area contributed by atoms with Gasteiger partial charge in [-0.2, -0.15) is 0 Å². The van der Waals surface area contributed by atoms with Crippen molar-refractivity contribution in [1.29, 1.82) is 0 Å². The van der Waals surface area contributed by atoms with E-state index in [-0.39, 0.29) is 11.8 Å². The van der Waals surface area contributed by atoms with Crippen molar-refractivity contribution in [2.45, 2.75) is 39.2 Å². The topological polar surface area (TPSA) is 49.4 Å². The van der Waals surface area contributed by atoms with Gasteiger partial charge in [0.2, 0.25) is 11.8 Å². The van der Waals surface area contributed by atoms with Crippen molar-refractivity contribution < 1.29 is 9.59 Å². The van der Waals surface area contributed by atoms with Gasteiger partial charge in [-0.25, -0.2) is 0 Å². The van der Waals surface area contributed by atoms with Crippen LogP contribution in [-0.2, 0) is 9.59 Å². The highest BCUT2D eigenvalue weighted by Crippen LogP contribution is 2.07. The molecule has 1 atom stereocenters. The van der Waals surface area contributed by atoms with Gasteiger partial charge in [0.15, 0.2) is 0 Å². The van der Waals surface area contributed by atoms with E-state index in [1.807, 2.05) is 13.8 Å². The minimum Gasteiger partial charge on any atom is -0.347 e. The van der Waals surface area contributed by atoms with E-state index in [0.29, 0.717) is 31.1 Å². The molecule has 0 aliphatic heterocycles. The largest absolute Gasteiger partial charge is 0.347 e. The highest BCUT2D eigenvalue weighted by Gasteiger charge is 2.22. The lowest BCUT2D eigenvalue weighted by atomic mass is 10.0. The van der Waals surface area contributed by atoms with Crippen LogP contribution in [0.2, 0.25) is 0 Å². The number of nitrogens with zero attached hydrogens (tertiary/aromatic N) is 1. The van der Waals surface area contributed by atoms with Gasteiger partial charge in [-0.15, -0.1) is 11.6 Å². The number of carbonyl (C=O) groups excluding carboxylic acids is 2. The Hall–Kier alpha value is -0.770. The fourth-order valence-electron chi connectivity index (χ4n) is 1.50. The van der Waals surface area contributed by atoms with Crippen molar-refractivity contribution in [2.24, 2.45) is 5.92 Å². The number of likely N-dealkylation sites (N-methyl/N-ethyl adjacent to an activating group) is 1. The van der Waals surface area contributed by atoms with Crippen LogP contribution >= 0.6 is 11.6 Å². The molecule has 0 saturated heterocycles. The molecule has 0 heterocycles. The summed E-state index contributed by atoms with van der Waals surface area (Å²) in [6.07, 6.45) is 1.67. The maximum absolute atomic E-state index is 11.9. The summed E-state index contributed by atoms with van der Waals surface area (Å²) in [5.41, 5.74) is 0. The van der Waals surface area contributed by atoms with Gasteiger partial charge in [0.05, 0.1) is 0 Å². The first-order valence-corrected chi connectivity index (χ1v) is 6.48. The molecule has 1 N–H and O–H groups in total. The van der Waals surface area contributed by atoms with E-state index < -0.39 is 6.04 Å². The zero-order valence-electron chi connectivity index (χ0n) is 11.1. The van der Waals surface area contributed by atoms with E-state index >= 15 is 0 Å². The molecule has 0 radical (unpaired) electrons. The zero-order chi connectivity index (χ0) is 13.4. The van der Waals surface area contributed by atoms with Gasteiger partial charge >= 0.3 is 0 Å². The Morgan fingerprint density at radius 2 is 1.88 bits per heavy atom. The molecule has 0 aliphatic rings. The molecule has 0 aromatic carbocycles. The van der Waals surface area contributed by atoms with Gasteiger partial charge in [-0.3, -0.25) is 9.59 Å². The maximum Gasteiger partial charge on any atom is 0.244 e. The number of amides is 2. The second kappa shape index (κ2) is 8.34. The van der Waals surface area contributed by atoms with Crippen LogP contribution in [0.5, 0.6) is 0 Å². The summed E-state index contributed by atoms with van der Waals surface area (Å²) in [6.45, 7) is 4.06. The van der Waals surface area contributed by atoms with Crippen molar-refractivity contribution in [1.82, 2.24) is 10.2 Å². The molecule has 4 nitrogen and oxygen atoms in total. The highest BCUT2D eigenvalue weighted by molar-refractivity contribution is 6.17. The predicted octanol–water partition coefficient (Wildman–Crippen LogP) is 1.62. The zero-order valence-corrected chi connectivity index (χ0v) is 11.9. The fraction of sp³-hybridized carbons (Fsp3) is 0.833. The minimum absolute atomic E-state index is 0.0575. The summed E-state index contributed by atoms with van der Waals surface area (Å²) in [7, 11) is 3.39. The molecule has 0 aromatic heterocycles. The molecular formula is C12H23ClN2O2. The summed E-state index contributed by atoms with van der Waals surface area (Å²) in [6, 6.07) is -0.423. The number of rotatable bonds is 7. The first-order valence-electron chi connectivity index (χ1n) is 5.95. The lowest BCUT2D eigenvalue weighted by molar-refractivity contribution is -0.134. The Kier molecular flexibility index (Phi) is 7.96. The van der Waals surface area contributed by atoms with Crippen LogP contribution in [0.15, 0.2) is 0 Å². The molecule has 100 valence electrons. The van der Waals surface area contributed by atoms with Gasteiger partial charge in [0.1, 0.15) is 6.04 Å². The average Bonchev–Trinajstić information content (AvgIpc) is 2.23. The van der Waals surface area contributed by atoms with Gasteiger partial charge < -0.3 is 10.2 Å². The van der Waals surface area contributed by atoms with Gasteiger partial charge in [0.25, 0.3) is 0 Å². The third-order valence-corrected chi connectivity index (χ3v) is 2.59. The predicted molar refractivity (Wildman–Crippen MR) is 70.0 cm³/mol. The molecule has 0 bridgehead atoms. The van der Waals surface area contributed by atoms with Crippen LogP contribution < -0.4 is 5.32 Å². The van der Waals surface area contributed by atoms with Crippen LogP contribution in [0, 0.1) is 5.92 Å². The monoisotopic (exact) mass is 262 g/mol. The number of alkyl halides is 1. The van der Waals surface area contributed by atoms with Crippen molar-refractivity contribution in [2.75, 3.05) is 20.0 Å². The van der Waals surface area contributed by atoms with E-state index in [9.17, 15) is 9.59 Å². The number of hydrogen-bond donors (Lipinski definition) is 1. The number of nitrogens with one attached hydrogen (secondary N) is 1. The van der Waals surface area contributed by atoms with Crippen LogP contribution in [0.25, 0.3) is 0 Å². The summed E-state index contributed by atoms with van der Waals surface area (Å²) in [5.74, 6) is 0.658. The SMILES string of the molecule is CC(C)CC(NC(=O)CCCCl)C(=O)N(C)C. The Morgan fingerprint density at radius 1 is 1.29 bits per heavy atom. The number of carbonyl (C=O) groups is 2. The summed E-state index contributed by atoms with van der Waals surface area (Å²) >= 11 is 5.52. The molecule has 0 aromatic rings. The first-order chi connectivity index (χ1) is 7.88. The normalized spacial score (nSPS) is 12.4. The molecule has 0 rings (SSSR count). The Bertz CT molecular complexity index is 255. The summed E-state index contributed by atoms with van der Waals surface area (Å²) < 4.78 is 0. The molecule has 0 saturated carbocycles. The van der Waals surface area contributed by atoms with Crippen LogP contribution in [-0.4, -0.2) is 42.7 Å². The van der Waals surface area contributed by atoms with Gasteiger partial charge in [-0.1, -0.05) is 13.8 Å². The molecule has 0 fully saturated rings. The standard InChI is InChI=1S/C12H23ClN2O2/c1-9(2)8-10(12(17)15(3)4)14-11(16)6-5-7-13/h9-10H,5-8H2,1-4H3,(H,14,16). The minimum atomic E-state index is -0.423. The third-order valence-electron chi connectivity index (χ3n) is 2.32. The maximum atomic E-state index is 11.9. The lowest BCUT2D eigenvalue weighted by Gasteiger charge is -2.23. The van der Waals surface area contributed by atoms with Crippen molar-refractivity contribution in [3.63, 3.8) is 0 Å². The van der Waals surface area contributed by atoms with E-state index in [2.05, 4.69) is 5.32 Å². The molecule has 0 spiro atoms. The van der Waals surface area contributed by atoms with E-state index in [0.717, 1.165) is 0 Å². The van der Waals surface area contributed by atoms with Gasteiger partial charge in [-0.05, 0) is 18.8 Å².